The van der Waals surface area contributed by atoms with Gasteiger partial charge in [0.1, 0.15) is 5.82 Å². The van der Waals surface area contributed by atoms with Crippen LogP contribution < -0.4 is 5.32 Å². The first-order chi connectivity index (χ1) is 8.65. The minimum Gasteiger partial charge on any atom is -0.306 e. The molecule has 0 saturated carbocycles. The van der Waals surface area contributed by atoms with E-state index in [9.17, 15) is 4.39 Å². The molecular formula is C15H17FN2. The minimum absolute atomic E-state index is 0.186. The van der Waals surface area contributed by atoms with Crippen LogP contribution in [0.15, 0.2) is 42.7 Å². The first kappa shape index (κ1) is 12.7. The summed E-state index contributed by atoms with van der Waals surface area (Å²) in [5, 5.41) is 3.40. The number of aromatic nitrogens is 1. The third-order valence-corrected chi connectivity index (χ3v) is 2.91. The number of benzene rings is 1. The number of halogens is 1. The highest BCUT2D eigenvalue weighted by Crippen LogP contribution is 2.13. The molecule has 0 saturated heterocycles. The smallest absolute Gasteiger partial charge is 0.123 e. The van der Waals surface area contributed by atoms with Gasteiger partial charge in [0.05, 0.1) is 0 Å². The lowest BCUT2D eigenvalue weighted by molar-refractivity contribution is 0.570. The zero-order valence-electron chi connectivity index (χ0n) is 10.7. The van der Waals surface area contributed by atoms with Gasteiger partial charge in [0.2, 0.25) is 0 Å². The van der Waals surface area contributed by atoms with E-state index < -0.39 is 0 Å². The Bertz CT molecular complexity index is 508. The summed E-state index contributed by atoms with van der Waals surface area (Å²) in [6, 6.07) is 8.88. The fourth-order valence-corrected chi connectivity index (χ4v) is 1.85. The first-order valence-electron chi connectivity index (χ1n) is 6.04. The Morgan fingerprint density at radius 3 is 2.61 bits per heavy atom. The molecule has 0 radical (unpaired) electrons. The Balaban J connectivity index is 1.96. The highest BCUT2D eigenvalue weighted by Gasteiger charge is 2.05. The van der Waals surface area contributed by atoms with E-state index in [1.165, 1.54) is 12.1 Å². The second-order valence-corrected chi connectivity index (χ2v) is 4.52. The van der Waals surface area contributed by atoms with E-state index in [2.05, 4.69) is 23.3 Å². The summed E-state index contributed by atoms with van der Waals surface area (Å²) in [5.74, 6) is -0.200. The van der Waals surface area contributed by atoms with E-state index in [-0.39, 0.29) is 11.9 Å². The van der Waals surface area contributed by atoms with Gasteiger partial charge >= 0.3 is 0 Å². The van der Waals surface area contributed by atoms with Crippen molar-refractivity contribution in [3.8, 4) is 0 Å². The Morgan fingerprint density at radius 1 is 1.22 bits per heavy atom. The largest absolute Gasteiger partial charge is 0.306 e. The average Bonchev–Trinajstić information content (AvgIpc) is 2.37. The number of aryl methyl sites for hydroxylation is 1. The summed E-state index contributed by atoms with van der Waals surface area (Å²) >= 11 is 0. The van der Waals surface area contributed by atoms with E-state index in [1.807, 2.05) is 31.5 Å². The molecule has 1 atom stereocenters. The zero-order chi connectivity index (χ0) is 13.0. The van der Waals surface area contributed by atoms with Crippen molar-refractivity contribution in [2.24, 2.45) is 0 Å². The van der Waals surface area contributed by atoms with Crippen LogP contribution in [0.1, 0.15) is 29.7 Å². The molecular weight excluding hydrogens is 227 g/mol. The van der Waals surface area contributed by atoms with E-state index in [0.29, 0.717) is 0 Å². The van der Waals surface area contributed by atoms with E-state index in [1.54, 1.807) is 0 Å². The average molecular weight is 244 g/mol. The van der Waals surface area contributed by atoms with Gasteiger partial charge in [-0.1, -0.05) is 18.2 Å². The Kier molecular flexibility index (Phi) is 4.05. The van der Waals surface area contributed by atoms with Gasteiger partial charge in [-0.05, 0) is 42.7 Å². The highest BCUT2D eigenvalue weighted by atomic mass is 19.1. The summed E-state index contributed by atoms with van der Waals surface area (Å²) in [7, 11) is 0. The van der Waals surface area contributed by atoms with Crippen molar-refractivity contribution in [2.45, 2.75) is 26.4 Å². The van der Waals surface area contributed by atoms with Crippen molar-refractivity contribution in [1.82, 2.24) is 10.3 Å². The Labute approximate surface area is 107 Å². The van der Waals surface area contributed by atoms with Gasteiger partial charge in [-0.25, -0.2) is 4.39 Å². The van der Waals surface area contributed by atoms with Crippen LogP contribution in [0.4, 0.5) is 4.39 Å². The van der Waals surface area contributed by atoms with Crippen LogP contribution >= 0.6 is 0 Å². The number of rotatable bonds is 4. The van der Waals surface area contributed by atoms with Crippen molar-refractivity contribution >= 4 is 0 Å². The lowest BCUT2D eigenvalue weighted by atomic mass is 10.1. The van der Waals surface area contributed by atoms with Gasteiger partial charge in [0.15, 0.2) is 0 Å². The topological polar surface area (TPSA) is 24.9 Å². The van der Waals surface area contributed by atoms with Crippen LogP contribution in [0.2, 0.25) is 0 Å². The maximum atomic E-state index is 12.8. The molecule has 2 nitrogen and oxygen atoms in total. The van der Waals surface area contributed by atoms with E-state index in [0.717, 1.165) is 23.2 Å². The van der Waals surface area contributed by atoms with Crippen LogP contribution in [0.25, 0.3) is 0 Å². The predicted octanol–water partition coefficient (Wildman–Crippen LogP) is 3.38. The van der Waals surface area contributed by atoms with Gasteiger partial charge in [0, 0.05) is 25.0 Å². The SMILES string of the molecule is Cc1cncc(CN[C@H](C)c2ccc(F)cc2)c1. The summed E-state index contributed by atoms with van der Waals surface area (Å²) in [6.07, 6.45) is 3.70. The van der Waals surface area contributed by atoms with Crippen molar-refractivity contribution in [3.05, 3.63) is 65.2 Å². The molecule has 0 fully saturated rings. The standard InChI is InChI=1S/C15H17FN2/c1-11-7-13(9-17-8-11)10-18-12(2)14-3-5-15(16)6-4-14/h3-9,12,18H,10H2,1-2H3/t12-/m1/s1. The number of nitrogens with one attached hydrogen (secondary N) is 1. The van der Waals surface area contributed by atoms with Crippen LogP contribution in [0.5, 0.6) is 0 Å². The number of nitrogens with zero attached hydrogens (tertiary/aromatic N) is 1. The molecule has 0 bridgehead atoms. The van der Waals surface area contributed by atoms with Gasteiger partial charge < -0.3 is 5.32 Å². The maximum Gasteiger partial charge on any atom is 0.123 e. The lowest BCUT2D eigenvalue weighted by Crippen LogP contribution is -2.18. The molecule has 1 aromatic heterocycles. The normalized spacial score (nSPS) is 12.4. The molecule has 0 unspecified atom stereocenters. The lowest BCUT2D eigenvalue weighted by Gasteiger charge is -2.14. The molecule has 0 aliphatic rings. The summed E-state index contributed by atoms with van der Waals surface area (Å²) < 4.78 is 12.8. The van der Waals surface area contributed by atoms with E-state index >= 15 is 0 Å². The minimum atomic E-state index is -0.200. The molecule has 0 amide bonds. The maximum absolute atomic E-state index is 12.8. The fraction of sp³-hybridized carbons (Fsp3) is 0.267. The molecule has 94 valence electrons. The Hall–Kier alpha value is -1.74. The first-order valence-corrected chi connectivity index (χ1v) is 6.04. The fourth-order valence-electron chi connectivity index (χ4n) is 1.85. The monoisotopic (exact) mass is 244 g/mol. The van der Waals surface area contributed by atoms with Crippen LogP contribution in [0, 0.1) is 12.7 Å². The summed E-state index contributed by atoms with van der Waals surface area (Å²) in [6.45, 7) is 4.85. The number of pyridine rings is 1. The van der Waals surface area contributed by atoms with Gasteiger partial charge in [-0.2, -0.15) is 0 Å². The molecule has 2 rings (SSSR count). The van der Waals surface area contributed by atoms with E-state index in [4.69, 9.17) is 0 Å². The Morgan fingerprint density at radius 2 is 1.94 bits per heavy atom. The van der Waals surface area contributed by atoms with Gasteiger partial charge in [-0.3, -0.25) is 4.98 Å². The molecule has 1 heterocycles. The highest BCUT2D eigenvalue weighted by molar-refractivity contribution is 5.20. The second-order valence-electron chi connectivity index (χ2n) is 4.52. The second kappa shape index (κ2) is 5.74. The molecule has 1 N–H and O–H groups in total. The molecule has 0 aliphatic carbocycles. The van der Waals surface area contributed by atoms with Crippen LogP contribution in [-0.2, 0) is 6.54 Å². The molecule has 3 heteroatoms. The molecule has 0 spiro atoms. The van der Waals surface area contributed by atoms with Crippen LogP contribution in [0.3, 0.4) is 0 Å². The zero-order valence-corrected chi connectivity index (χ0v) is 10.7. The van der Waals surface area contributed by atoms with Crippen molar-refractivity contribution < 1.29 is 4.39 Å². The quantitative estimate of drug-likeness (QED) is 0.891. The number of hydrogen-bond donors (Lipinski definition) is 1. The predicted molar refractivity (Wildman–Crippen MR) is 70.6 cm³/mol. The third kappa shape index (κ3) is 3.37. The third-order valence-electron chi connectivity index (χ3n) is 2.91. The molecule has 0 aliphatic heterocycles. The van der Waals surface area contributed by atoms with Gasteiger partial charge in [-0.15, -0.1) is 0 Å². The van der Waals surface area contributed by atoms with Crippen molar-refractivity contribution in [3.63, 3.8) is 0 Å². The summed E-state index contributed by atoms with van der Waals surface area (Å²) in [4.78, 5) is 4.16. The van der Waals surface area contributed by atoms with Crippen molar-refractivity contribution in [1.29, 1.82) is 0 Å². The van der Waals surface area contributed by atoms with Crippen molar-refractivity contribution in [2.75, 3.05) is 0 Å². The summed E-state index contributed by atoms with van der Waals surface area (Å²) in [5.41, 5.74) is 3.39. The van der Waals surface area contributed by atoms with Gasteiger partial charge in [0.25, 0.3) is 0 Å². The number of hydrogen-bond acceptors (Lipinski definition) is 2. The molecule has 1 aromatic carbocycles. The molecule has 2 aromatic rings. The molecule has 18 heavy (non-hydrogen) atoms. The van der Waals surface area contributed by atoms with Crippen LogP contribution in [-0.4, -0.2) is 4.98 Å².